The fourth-order valence-corrected chi connectivity index (χ4v) is 4.81. The lowest BCUT2D eigenvalue weighted by molar-refractivity contribution is -0.132. The minimum Gasteiger partial charge on any atom is -0.363 e. The Balaban J connectivity index is 1.35. The number of hydrogen-bond acceptors (Lipinski definition) is 4. The SMILES string of the molecule is O=C1NC(=O)N(C2CCCCC2)C(=O)/C1=C/c1ccc(N2Cc3ccccc3C2)cc1. The zero-order valence-electron chi connectivity index (χ0n) is 17.3. The number of carbonyl (C=O) groups is 3. The van der Waals surface area contributed by atoms with Crippen LogP contribution in [0.4, 0.5) is 10.5 Å². The van der Waals surface area contributed by atoms with E-state index in [9.17, 15) is 14.4 Å². The number of hydrogen-bond donors (Lipinski definition) is 1. The van der Waals surface area contributed by atoms with Gasteiger partial charge in [-0.15, -0.1) is 0 Å². The number of fused-ring (bicyclic) bond motifs is 1. The Kier molecular flexibility index (Phi) is 5.06. The molecule has 0 aromatic heterocycles. The Bertz CT molecular complexity index is 1040. The first-order valence-corrected chi connectivity index (χ1v) is 10.9. The monoisotopic (exact) mass is 415 g/mol. The summed E-state index contributed by atoms with van der Waals surface area (Å²) in [5, 5.41) is 2.34. The summed E-state index contributed by atoms with van der Waals surface area (Å²) in [6, 6.07) is 15.5. The Morgan fingerprint density at radius 3 is 2.13 bits per heavy atom. The summed E-state index contributed by atoms with van der Waals surface area (Å²) >= 11 is 0. The van der Waals surface area contributed by atoms with Crippen LogP contribution in [0.3, 0.4) is 0 Å². The van der Waals surface area contributed by atoms with Gasteiger partial charge in [0, 0.05) is 24.8 Å². The molecule has 2 aliphatic heterocycles. The first-order chi connectivity index (χ1) is 15.1. The van der Waals surface area contributed by atoms with Crippen LogP contribution in [0.2, 0.25) is 0 Å². The molecule has 6 nitrogen and oxygen atoms in total. The summed E-state index contributed by atoms with van der Waals surface area (Å²) in [5.74, 6) is -1.11. The van der Waals surface area contributed by atoms with Gasteiger partial charge in [0.15, 0.2) is 0 Å². The highest BCUT2D eigenvalue weighted by molar-refractivity contribution is 6.31. The van der Waals surface area contributed by atoms with Crippen LogP contribution in [0.15, 0.2) is 54.1 Å². The van der Waals surface area contributed by atoms with Gasteiger partial charge >= 0.3 is 6.03 Å². The molecule has 31 heavy (non-hydrogen) atoms. The molecule has 2 aromatic rings. The molecule has 0 unspecified atom stereocenters. The molecule has 0 radical (unpaired) electrons. The number of amides is 4. The molecule has 1 saturated carbocycles. The van der Waals surface area contributed by atoms with Crippen LogP contribution in [0.25, 0.3) is 6.08 Å². The van der Waals surface area contributed by atoms with Crippen molar-refractivity contribution in [1.29, 1.82) is 0 Å². The zero-order valence-corrected chi connectivity index (χ0v) is 17.3. The molecule has 1 aliphatic carbocycles. The average molecular weight is 415 g/mol. The molecule has 6 heteroatoms. The number of nitrogens with one attached hydrogen (secondary N) is 1. The lowest BCUT2D eigenvalue weighted by atomic mass is 9.93. The van der Waals surface area contributed by atoms with E-state index >= 15 is 0 Å². The van der Waals surface area contributed by atoms with Gasteiger partial charge in [-0.2, -0.15) is 0 Å². The van der Waals surface area contributed by atoms with Crippen molar-refractivity contribution >= 4 is 29.6 Å². The van der Waals surface area contributed by atoms with Crippen LogP contribution in [0, 0.1) is 0 Å². The van der Waals surface area contributed by atoms with Crippen molar-refractivity contribution in [2.45, 2.75) is 51.2 Å². The Morgan fingerprint density at radius 1 is 0.839 bits per heavy atom. The number of urea groups is 1. The third-order valence-corrected chi connectivity index (χ3v) is 6.48. The van der Waals surface area contributed by atoms with Crippen LogP contribution >= 0.6 is 0 Å². The molecule has 0 atom stereocenters. The molecule has 1 saturated heterocycles. The van der Waals surface area contributed by atoms with Crippen molar-refractivity contribution in [2.75, 3.05) is 4.90 Å². The summed E-state index contributed by atoms with van der Waals surface area (Å²) in [6.45, 7) is 1.74. The van der Waals surface area contributed by atoms with Gasteiger partial charge in [-0.3, -0.25) is 19.8 Å². The lowest BCUT2D eigenvalue weighted by Crippen LogP contribution is -2.58. The van der Waals surface area contributed by atoms with E-state index in [-0.39, 0.29) is 11.6 Å². The number of anilines is 1. The topological polar surface area (TPSA) is 69.7 Å². The molecule has 2 aromatic carbocycles. The first-order valence-electron chi connectivity index (χ1n) is 10.9. The number of carbonyl (C=O) groups excluding carboxylic acids is 3. The van der Waals surface area contributed by atoms with E-state index in [2.05, 4.69) is 34.5 Å². The standard InChI is InChI=1S/C25H25N3O3/c29-23-22(24(30)28(25(31)26-23)21-8-2-1-3-9-21)14-17-10-12-20(13-11-17)27-15-18-6-4-5-7-19(18)16-27/h4-7,10-14,21H,1-3,8-9,15-16H2,(H,26,29,31)/b22-14+. The quantitative estimate of drug-likeness (QED) is 0.608. The van der Waals surface area contributed by atoms with Crippen LogP contribution in [0.1, 0.15) is 48.8 Å². The fourth-order valence-electron chi connectivity index (χ4n) is 4.81. The molecule has 4 amide bonds. The van der Waals surface area contributed by atoms with Gasteiger partial charge in [0.05, 0.1) is 0 Å². The second kappa shape index (κ2) is 8.02. The second-order valence-electron chi connectivity index (χ2n) is 8.50. The van der Waals surface area contributed by atoms with Gasteiger partial charge < -0.3 is 4.90 Å². The van der Waals surface area contributed by atoms with Crippen molar-refractivity contribution in [3.05, 3.63) is 70.8 Å². The van der Waals surface area contributed by atoms with Gasteiger partial charge in [-0.1, -0.05) is 55.7 Å². The first kappa shape index (κ1) is 19.5. The highest BCUT2D eigenvalue weighted by Gasteiger charge is 2.40. The average Bonchev–Trinajstić information content (AvgIpc) is 3.22. The Morgan fingerprint density at radius 2 is 1.48 bits per heavy atom. The van der Waals surface area contributed by atoms with Gasteiger partial charge in [-0.25, -0.2) is 4.79 Å². The van der Waals surface area contributed by atoms with Crippen molar-refractivity contribution in [3.63, 3.8) is 0 Å². The summed E-state index contributed by atoms with van der Waals surface area (Å²) < 4.78 is 0. The minimum atomic E-state index is -0.624. The van der Waals surface area contributed by atoms with Crippen LogP contribution < -0.4 is 10.2 Å². The van der Waals surface area contributed by atoms with Gasteiger partial charge in [0.25, 0.3) is 11.8 Å². The molecular weight excluding hydrogens is 390 g/mol. The Labute approximate surface area is 181 Å². The summed E-state index contributed by atoms with van der Waals surface area (Å²) in [7, 11) is 0. The molecule has 5 rings (SSSR count). The molecule has 1 N–H and O–H groups in total. The van der Waals surface area contributed by atoms with E-state index in [0.29, 0.717) is 0 Å². The van der Waals surface area contributed by atoms with Crippen molar-refractivity contribution < 1.29 is 14.4 Å². The molecule has 158 valence electrons. The smallest absolute Gasteiger partial charge is 0.331 e. The Hall–Kier alpha value is -3.41. The molecule has 3 aliphatic rings. The van der Waals surface area contributed by atoms with Crippen molar-refractivity contribution in [1.82, 2.24) is 10.2 Å². The maximum absolute atomic E-state index is 13.0. The summed E-state index contributed by atoms with van der Waals surface area (Å²) in [6.07, 6.45) is 6.30. The van der Waals surface area contributed by atoms with Crippen molar-refractivity contribution in [2.24, 2.45) is 0 Å². The van der Waals surface area contributed by atoms with E-state index in [1.54, 1.807) is 6.08 Å². The third kappa shape index (κ3) is 3.74. The lowest BCUT2D eigenvalue weighted by Gasteiger charge is -2.35. The summed E-state index contributed by atoms with van der Waals surface area (Å²) in [5.41, 5.74) is 4.55. The van der Waals surface area contributed by atoms with E-state index in [1.165, 1.54) is 16.0 Å². The maximum atomic E-state index is 13.0. The number of rotatable bonds is 3. The second-order valence-corrected chi connectivity index (χ2v) is 8.50. The van der Waals surface area contributed by atoms with E-state index < -0.39 is 17.8 Å². The maximum Gasteiger partial charge on any atom is 0.331 e. The van der Waals surface area contributed by atoms with Crippen molar-refractivity contribution in [3.8, 4) is 0 Å². The predicted molar refractivity (Wildman–Crippen MR) is 118 cm³/mol. The summed E-state index contributed by atoms with van der Waals surface area (Å²) in [4.78, 5) is 41.3. The molecule has 0 bridgehead atoms. The highest BCUT2D eigenvalue weighted by Crippen LogP contribution is 2.29. The molecule has 2 heterocycles. The number of barbiturate groups is 1. The molecule has 2 fully saturated rings. The van der Waals surface area contributed by atoms with E-state index in [4.69, 9.17) is 0 Å². The van der Waals surface area contributed by atoms with Gasteiger partial charge in [0.1, 0.15) is 5.57 Å². The van der Waals surface area contributed by atoms with Crippen LogP contribution in [-0.2, 0) is 22.7 Å². The number of benzene rings is 2. The van der Waals surface area contributed by atoms with Gasteiger partial charge in [-0.05, 0) is 47.7 Å². The fraction of sp³-hybridized carbons (Fsp3) is 0.320. The number of nitrogens with zero attached hydrogens (tertiary/aromatic N) is 2. The normalized spacial score (nSPS) is 20.9. The number of imide groups is 2. The zero-order chi connectivity index (χ0) is 21.4. The van der Waals surface area contributed by atoms with Gasteiger partial charge in [0.2, 0.25) is 0 Å². The highest BCUT2D eigenvalue weighted by atomic mass is 16.2. The van der Waals surface area contributed by atoms with E-state index in [0.717, 1.165) is 56.4 Å². The largest absolute Gasteiger partial charge is 0.363 e. The minimum absolute atomic E-state index is 0.0199. The molecular formula is C25H25N3O3. The van der Waals surface area contributed by atoms with E-state index in [1.807, 2.05) is 24.3 Å². The predicted octanol–water partition coefficient (Wildman–Crippen LogP) is 4.00. The van der Waals surface area contributed by atoms with Crippen LogP contribution in [-0.4, -0.2) is 28.8 Å². The van der Waals surface area contributed by atoms with Crippen LogP contribution in [0.5, 0.6) is 0 Å². The third-order valence-electron chi connectivity index (χ3n) is 6.48. The molecule has 0 spiro atoms.